The summed E-state index contributed by atoms with van der Waals surface area (Å²) in [4.78, 5) is 4.32. The van der Waals surface area contributed by atoms with Crippen LogP contribution in [0.2, 0.25) is 0 Å². The number of nitrogens with zero attached hydrogens (tertiary/aromatic N) is 2. The van der Waals surface area contributed by atoms with Crippen LogP contribution in [0.15, 0.2) is 8.94 Å². The van der Waals surface area contributed by atoms with Crippen LogP contribution in [0.4, 0.5) is 0 Å². The van der Waals surface area contributed by atoms with Crippen LogP contribution >= 0.6 is 0 Å². The van der Waals surface area contributed by atoms with Gasteiger partial charge in [0.25, 0.3) is 5.89 Å². The van der Waals surface area contributed by atoms with Crippen molar-refractivity contribution in [2.75, 3.05) is 0 Å². The lowest BCUT2D eigenvalue weighted by Crippen LogP contribution is -2.30. The quantitative estimate of drug-likeness (QED) is 0.865. The molecule has 0 aliphatic rings. The largest absolute Gasteiger partial charge is 0.466 e. The van der Waals surface area contributed by atoms with Gasteiger partial charge in [-0.3, -0.25) is 0 Å². The van der Waals surface area contributed by atoms with E-state index in [0.29, 0.717) is 11.7 Å². The van der Waals surface area contributed by atoms with Crippen molar-refractivity contribution < 1.29 is 8.94 Å². The third-order valence-corrected chi connectivity index (χ3v) is 2.78. The van der Waals surface area contributed by atoms with Crippen molar-refractivity contribution in [1.82, 2.24) is 10.1 Å². The molecule has 0 radical (unpaired) electrons. The maximum Gasteiger partial charge on any atom is 0.261 e. The molecule has 0 aliphatic carbocycles. The van der Waals surface area contributed by atoms with E-state index in [0.717, 1.165) is 22.6 Å². The Balaban J connectivity index is 2.51. The molecule has 0 saturated heterocycles. The molecule has 2 aromatic rings. The summed E-state index contributed by atoms with van der Waals surface area (Å²) >= 11 is 0. The van der Waals surface area contributed by atoms with E-state index in [9.17, 15) is 0 Å². The minimum atomic E-state index is -0.609. The summed E-state index contributed by atoms with van der Waals surface area (Å²) in [6.07, 6.45) is 0. The normalized spacial score (nSPS) is 12.1. The monoisotopic (exact) mass is 235 g/mol. The third kappa shape index (κ3) is 1.98. The summed E-state index contributed by atoms with van der Waals surface area (Å²) in [6.45, 7) is 9.44. The standard InChI is InChI=1S/C12H17N3O2/c1-6-7(2)16-8(3)9(6)10-14-11(15-17-10)12(4,5)13/h13H2,1-5H3. The molecular weight excluding hydrogens is 218 g/mol. The molecule has 2 aromatic heterocycles. The summed E-state index contributed by atoms with van der Waals surface area (Å²) in [5.74, 6) is 2.60. The van der Waals surface area contributed by atoms with Gasteiger partial charge >= 0.3 is 0 Å². The lowest BCUT2D eigenvalue weighted by Gasteiger charge is -2.11. The zero-order chi connectivity index (χ0) is 12.8. The van der Waals surface area contributed by atoms with Crippen molar-refractivity contribution in [3.8, 4) is 11.5 Å². The molecule has 17 heavy (non-hydrogen) atoms. The van der Waals surface area contributed by atoms with E-state index in [-0.39, 0.29) is 0 Å². The van der Waals surface area contributed by atoms with Gasteiger partial charge in [-0.15, -0.1) is 0 Å². The predicted octanol–water partition coefficient (Wildman–Crippen LogP) is 2.45. The van der Waals surface area contributed by atoms with Gasteiger partial charge in [0, 0.05) is 5.56 Å². The van der Waals surface area contributed by atoms with Crippen LogP contribution in [0, 0.1) is 20.8 Å². The molecule has 0 bridgehead atoms. The fraction of sp³-hybridized carbons (Fsp3) is 0.500. The molecule has 0 atom stereocenters. The van der Waals surface area contributed by atoms with Crippen LogP contribution < -0.4 is 5.73 Å². The molecule has 2 rings (SSSR count). The Bertz CT molecular complexity index is 547. The summed E-state index contributed by atoms with van der Waals surface area (Å²) in [6, 6.07) is 0. The van der Waals surface area contributed by atoms with E-state index in [1.165, 1.54) is 0 Å². The van der Waals surface area contributed by atoms with E-state index >= 15 is 0 Å². The van der Waals surface area contributed by atoms with E-state index in [4.69, 9.17) is 14.7 Å². The molecule has 0 aromatic carbocycles. The maximum absolute atomic E-state index is 5.92. The van der Waals surface area contributed by atoms with Crippen molar-refractivity contribution in [3.63, 3.8) is 0 Å². The van der Waals surface area contributed by atoms with Gasteiger partial charge < -0.3 is 14.7 Å². The van der Waals surface area contributed by atoms with Crippen LogP contribution in [-0.4, -0.2) is 10.1 Å². The zero-order valence-corrected chi connectivity index (χ0v) is 10.8. The number of aromatic nitrogens is 2. The van der Waals surface area contributed by atoms with Gasteiger partial charge in [0.2, 0.25) is 0 Å². The second kappa shape index (κ2) is 3.70. The van der Waals surface area contributed by atoms with Gasteiger partial charge in [-0.1, -0.05) is 5.16 Å². The highest BCUT2D eigenvalue weighted by atomic mass is 16.5. The first kappa shape index (κ1) is 11.9. The minimum absolute atomic E-state index is 0.463. The topological polar surface area (TPSA) is 78.1 Å². The zero-order valence-electron chi connectivity index (χ0n) is 10.8. The first-order chi connectivity index (χ1) is 7.80. The van der Waals surface area contributed by atoms with Crippen LogP contribution in [0.3, 0.4) is 0 Å². The molecule has 5 heteroatoms. The third-order valence-electron chi connectivity index (χ3n) is 2.78. The molecular formula is C12H17N3O2. The lowest BCUT2D eigenvalue weighted by atomic mass is 10.1. The number of rotatable bonds is 2. The van der Waals surface area contributed by atoms with Crippen LogP contribution in [0.25, 0.3) is 11.5 Å². The molecule has 0 fully saturated rings. The van der Waals surface area contributed by atoms with E-state index in [2.05, 4.69) is 10.1 Å². The SMILES string of the molecule is Cc1oc(C)c(-c2nc(C(C)(C)N)no2)c1C. The van der Waals surface area contributed by atoms with Gasteiger partial charge in [0.1, 0.15) is 11.5 Å². The van der Waals surface area contributed by atoms with Crippen molar-refractivity contribution in [2.45, 2.75) is 40.2 Å². The highest BCUT2D eigenvalue weighted by Gasteiger charge is 2.24. The van der Waals surface area contributed by atoms with Crippen LogP contribution in [-0.2, 0) is 5.54 Å². The molecule has 92 valence electrons. The minimum Gasteiger partial charge on any atom is -0.466 e. The van der Waals surface area contributed by atoms with Crippen molar-refractivity contribution in [3.05, 3.63) is 22.9 Å². The average molecular weight is 235 g/mol. The van der Waals surface area contributed by atoms with Gasteiger partial charge in [-0.2, -0.15) is 4.98 Å². The fourth-order valence-electron chi connectivity index (χ4n) is 1.70. The summed E-state index contributed by atoms with van der Waals surface area (Å²) < 4.78 is 10.8. The highest BCUT2D eigenvalue weighted by molar-refractivity contribution is 5.61. The molecule has 2 heterocycles. The Kier molecular flexibility index (Phi) is 2.58. The summed E-state index contributed by atoms with van der Waals surface area (Å²) in [5.41, 5.74) is 7.20. The van der Waals surface area contributed by atoms with Gasteiger partial charge in [0.05, 0.1) is 11.1 Å². The van der Waals surface area contributed by atoms with E-state index in [1.807, 2.05) is 34.6 Å². The predicted molar refractivity (Wildman–Crippen MR) is 63.4 cm³/mol. The van der Waals surface area contributed by atoms with E-state index in [1.54, 1.807) is 0 Å². The average Bonchev–Trinajstić information content (AvgIpc) is 2.73. The Morgan fingerprint density at radius 3 is 2.18 bits per heavy atom. The number of hydrogen-bond donors (Lipinski definition) is 1. The van der Waals surface area contributed by atoms with Gasteiger partial charge in [-0.25, -0.2) is 0 Å². The maximum atomic E-state index is 5.92. The second-order valence-corrected chi connectivity index (χ2v) is 4.86. The second-order valence-electron chi connectivity index (χ2n) is 4.86. The summed E-state index contributed by atoms with van der Waals surface area (Å²) in [5, 5.41) is 3.90. The van der Waals surface area contributed by atoms with Crippen LogP contribution in [0.1, 0.15) is 36.8 Å². The molecule has 0 amide bonds. The number of hydrogen-bond acceptors (Lipinski definition) is 5. The van der Waals surface area contributed by atoms with Crippen LogP contribution in [0.5, 0.6) is 0 Å². The number of aryl methyl sites for hydroxylation is 2. The molecule has 0 saturated carbocycles. The Morgan fingerprint density at radius 2 is 1.76 bits per heavy atom. The van der Waals surface area contributed by atoms with Crippen molar-refractivity contribution in [2.24, 2.45) is 5.73 Å². The number of nitrogens with two attached hydrogens (primary N) is 1. The Labute approximate surface area is 100.0 Å². The number of furan rings is 1. The molecule has 0 aliphatic heterocycles. The molecule has 5 nitrogen and oxygen atoms in total. The molecule has 0 unspecified atom stereocenters. The van der Waals surface area contributed by atoms with E-state index < -0.39 is 5.54 Å². The molecule has 0 spiro atoms. The molecule has 2 N–H and O–H groups in total. The Hall–Kier alpha value is -1.62. The summed E-state index contributed by atoms with van der Waals surface area (Å²) in [7, 11) is 0. The van der Waals surface area contributed by atoms with Gasteiger partial charge in [-0.05, 0) is 34.6 Å². The lowest BCUT2D eigenvalue weighted by molar-refractivity contribution is 0.396. The first-order valence-electron chi connectivity index (χ1n) is 5.50. The fourth-order valence-corrected chi connectivity index (χ4v) is 1.70. The smallest absolute Gasteiger partial charge is 0.261 e. The van der Waals surface area contributed by atoms with Crippen molar-refractivity contribution in [1.29, 1.82) is 0 Å². The van der Waals surface area contributed by atoms with Gasteiger partial charge in [0.15, 0.2) is 5.82 Å². The van der Waals surface area contributed by atoms with Crippen molar-refractivity contribution >= 4 is 0 Å². The highest BCUT2D eigenvalue weighted by Crippen LogP contribution is 2.31. The Morgan fingerprint density at radius 1 is 1.12 bits per heavy atom. The first-order valence-corrected chi connectivity index (χ1v) is 5.50.